The Morgan fingerprint density at radius 3 is 2.55 bits per heavy atom. The molecule has 3 aromatic rings. The van der Waals surface area contributed by atoms with Crippen LogP contribution in [0, 0.1) is 6.92 Å². The molecule has 2 aromatic carbocycles. The molecule has 0 unspecified atom stereocenters. The standard InChI is InChI=1S/C17H14N2O3/c1-11-14-5-3-4-6-15(14)17(21)19(18-11)13-7-8-16(22-2)12(9-13)10-20/h3-10H,1-2H3. The first kappa shape index (κ1) is 14.0. The highest BCUT2D eigenvalue weighted by atomic mass is 16.5. The largest absolute Gasteiger partial charge is 0.496 e. The normalized spacial score (nSPS) is 10.6. The van der Waals surface area contributed by atoms with Crippen LogP contribution < -0.4 is 10.3 Å². The quantitative estimate of drug-likeness (QED) is 0.696. The second-order valence-electron chi connectivity index (χ2n) is 4.89. The van der Waals surface area contributed by atoms with Crippen molar-refractivity contribution in [2.24, 2.45) is 0 Å². The Hall–Kier alpha value is -2.95. The molecule has 22 heavy (non-hydrogen) atoms. The van der Waals surface area contributed by atoms with Gasteiger partial charge in [0.25, 0.3) is 5.56 Å². The van der Waals surface area contributed by atoms with Crippen molar-refractivity contribution >= 4 is 17.1 Å². The summed E-state index contributed by atoms with van der Waals surface area (Å²) in [7, 11) is 1.49. The van der Waals surface area contributed by atoms with E-state index in [1.807, 2.05) is 25.1 Å². The third kappa shape index (κ3) is 2.16. The third-order valence-corrected chi connectivity index (χ3v) is 3.57. The van der Waals surface area contributed by atoms with Crippen molar-refractivity contribution in [2.75, 3.05) is 7.11 Å². The van der Waals surface area contributed by atoms with Gasteiger partial charge >= 0.3 is 0 Å². The maximum absolute atomic E-state index is 12.6. The summed E-state index contributed by atoms with van der Waals surface area (Å²) < 4.78 is 6.42. The number of ether oxygens (including phenoxy) is 1. The van der Waals surface area contributed by atoms with Gasteiger partial charge in [0.05, 0.1) is 29.4 Å². The second-order valence-corrected chi connectivity index (χ2v) is 4.89. The average Bonchev–Trinajstić information content (AvgIpc) is 2.57. The lowest BCUT2D eigenvalue weighted by molar-refractivity contribution is 0.112. The van der Waals surface area contributed by atoms with Gasteiger partial charge in [-0.05, 0) is 31.2 Å². The highest BCUT2D eigenvalue weighted by Gasteiger charge is 2.11. The van der Waals surface area contributed by atoms with Crippen molar-refractivity contribution < 1.29 is 9.53 Å². The lowest BCUT2D eigenvalue weighted by Crippen LogP contribution is -2.22. The summed E-state index contributed by atoms with van der Waals surface area (Å²) in [4.78, 5) is 23.8. The van der Waals surface area contributed by atoms with Crippen LogP contribution in [0.4, 0.5) is 0 Å². The van der Waals surface area contributed by atoms with Gasteiger partial charge in [0, 0.05) is 5.39 Å². The summed E-state index contributed by atoms with van der Waals surface area (Å²) >= 11 is 0. The van der Waals surface area contributed by atoms with Crippen LogP contribution in [0.3, 0.4) is 0 Å². The van der Waals surface area contributed by atoms with Crippen molar-refractivity contribution in [2.45, 2.75) is 6.92 Å². The Morgan fingerprint density at radius 1 is 1.14 bits per heavy atom. The molecule has 0 amide bonds. The number of fused-ring (bicyclic) bond motifs is 1. The average molecular weight is 294 g/mol. The van der Waals surface area contributed by atoms with E-state index >= 15 is 0 Å². The lowest BCUT2D eigenvalue weighted by atomic mass is 10.1. The van der Waals surface area contributed by atoms with Gasteiger partial charge in [0.15, 0.2) is 6.29 Å². The molecule has 0 radical (unpaired) electrons. The number of aromatic nitrogens is 2. The molecule has 110 valence electrons. The van der Waals surface area contributed by atoms with Crippen LogP contribution in [0.2, 0.25) is 0 Å². The van der Waals surface area contributed by atoms with Gasteiger partial charge in [-0.3, -0.25) is 9.59 Å². The smallest absolute Gasteiger partial charge is 0.279 e. The molecular weight excluding hydrogens is 280 g/mol. The van der Waals surface area contributed by atoms with Crippen LogP contribution in [0.25, 0.3) is 16.5 Å². The number of aldehydes is 1. The van der Waals surface area contributed by atoms with Crippen LogP contribution >= 0.6 is 0 Å². The lowest BCUT2D eigenvalue weighted by Gasteiger charge is -2.10. The van der Waals surface area contributed by atoms with E-state index in [-0.39, 0.29) is 5.56 Å². The number of hydrogen-bond acceptors (Lipinski definition) is 4. The Bertz CT molecular complexity index is 929. The fraction of sp³-hybridized carbons (Fsp3) is 0.118. The maximum atomic E-state index is 12.6. The molecule has 0 saturated heterocycles. The minimum Gasteiger partial charge on any atom is -0.496 e. The molecule has 0 spiro atoms. The number of hydrogen-bond donors (Lipinski definition) is 0. The zero-order valence-electron chi connectivity index (χ0n) is 12.2. The zero-order chi connectivity index (χ0) is 15.7. The molecule has 0 N–H and O–H groups in total. The minimum absolute atomic E-state index is 0.219. The number of carbonyl (C=O) groups is 1. The van der Waals surface area contributed by atoms with Gasteiger partial charge in [-0.1, -0.05) is 18.2 Å². The van der Waals surface area contributed by atoms with E-state index in [0.717, 1.165) is 11.1 Å². The molecule has 0 fully saturated rings. The Labute approximate surface area is 126 Å². The van der Waals surface area contributed by atoms with Gasteiger partial charge in [-0.2, -0.15) is 9.78 Å². The van der Waals surface area contributed by atoms with Crippen LogP contribution in [0.5, 0.6) is 5.75 Å². The first-order valence-electron chi connectivity index (χ1n) is 6.78. The fourth-order valence-electron chi connectivity index (χ4n) is 2.47. The topological polar surface area (TPSA) is 61.2 Å². The molecule has 0 aliphatic rings. The van der Waals surface area contributed by atoms with E-state index < -0.39 is 0 Å². The molecule has 5 nitrogen and oxygen atoms in total. The minimum atomic E-state index is -0.219. The number of methoxy groups -OCH3 is 1. The maximum Gasteiger partial charge on any atom is 0.279 e. The van der Waals surface area contributed by atoms with Crippen LogP contribution in [0.1, 0.15) is 16.1 Å². The number of benzene rings is 2. The van der Waals surface area contributed by atoms with Gasteiger partial charge in [-0.15, -0.1) is 0 Å². The van der Waals surface area contributed by atoms with Crippen LogP contribution in [-0.2, 0) is 0 Å². The van der Waals surface area contributed by atoms with Crippen LogP contribution in [0.15, 0.2) is 47.3 Å². The monoisotopic (exact) mass is 294 g/mol. The van der Waals surface area contributed by atoms with E-state index in [2.05, 4.69) is 5.10 Å². The molecule has 1 heterocycles. The first-order chi connectivity index (χ1) is 10.7. The zero-order valence-corrected chi connectivity index (χ0v) is 12.2. The Morgan fingerprint density at radius 2 is 1.86 bits per heavy atom. The van der Waals surface area contributed by atoms with Crippen LogP contribution in [-0.4, -0.2) is 23.2 Å². The molecule has 3 rings (SSSR count). The van der Waals surface area contributed by atoms with Crippen molar-refractivity contribution in [3.8, 4) is 11.4 Å². The first-order valence-corrected chi connectivity index (χ1v) is 6.78. The molecule has 0 saturated carbocycles. The number of nitrogens with zero attached hydrogens (tertiary/aromatic N) is 2. The molecule has 5 heteroatoms. The molecular formula is C17H14N2O3. The van der Waals surface area contributed by atoms with Gasteiger partial charge < -0.3 is 4.74 Å². The van der Waals surface area contributed by atoms with Gasteiger partial charge in [0.2, 0.25) is 0 Å². The van der Waals surface area contributed by atoms with E-state index in [1.54, 1.807) is 24.3 Å². The summed E-state index contributed by atoms with van der Waals surface area (Å²) in [6.45, 7) is 1.85. The summed E-state index contributed by atoms with van der Waals surface area (Å²) in [6, 6.07) is 12.3. The summed E-state index contributed by atoms with van der Waals surface area (Å²) in [5, 5.41) is 5.77. The summed E-state index contributed by atoms with van der Waals surface area (Å²) in [6.07, 6.45) is 0.696. The molecule has 1 aromatic heterocycles. The highest BCUT2D eigenvalue weighted by molar-refractivity contribution is 5.84. The predicted molar refractivity (Wildman–Crippen MR) is 84.0 cm³/mol. The molecule has 0 bridgehead atoms. The number of aryl methyl sites for hydroxylation is 1. The van der Waals surface area contributed by atoms with Gasteiger partial charge in [-0.25, -0.2) is 0 Å². The van der Waals surface area contributed by atoms with Crippen molar-refractivity contribution in [1.82, 2.24) is 9.78 Å². The highest BCUT2D eigenvalue weighted by Crippen LogP contribution is 2.20. The predicted octanol–water partition coefficient (Wildman–Crippen LogP) is 2.52. The molecule has 0 aliphatic heterocycles. The van der Waals surface area contributed by atoms with Crippen molar-refractivity contribution in [1.29, 1.82) is 0 Å². The van der Waals surface area contributed by atoms with E-state index in [9.17, 15) is 9.59 Å². The fourth-order valence-corrected chi connectivity index (χ4v) is 2.47. The summed E-state index contributed by atoms with van der Waals surface area (Å²) in [5.41, 5.74) is 1.43. The number of rotatable bonds is 3. The van der Waals surface area contributed by atoms with E-state index in [0.29, 0.717) is 28.7 Å². The van der Waals surface area contributed by atoms with E-state index in [4.69, 9.17) is 4.74 Å². The number of carbonyl (C=O) groups excluding carboxylic acids is 1. The SMILES string of the molecule is COc1ccc(-n2nc(C)c3ccccc3c2=O)cc1C=O. The van der Waals surface area contributed by atoms with Gasteiger partial charge in [0.1, 0.15) is 5.75 Å². The van der Waals surface area contributed by atoms with Crippen molar-refractivity contribution in [3.63, 3.8) is 0 Å². The van der Waals surface area contributed by atoms with Crippen molar-refractivity contribution in [3.05, 3.63) is 64.1 Å². The Balaban J connectivity index is 2.29. The molecule has 0 aliphatic carbocycles. The third-order valence-electron chi connectivity index (χ3n) is 3.57. The molecule has 0 atom stereocenters. The summed E-state index contributed by atoms with van der Waals surface area (Å²) in [5.74, 6) is 0.462. The van der Waals surface area contributed by atoms with E-state index in [1.165, 1.54) is 11.8 Å². The second kappa shape index (κ2) is 5.44. The Kier molecular flexibility index (Phi) is 3.47.